The lowest BCUT2D eigenvalue weighted by Gasteiger charge is -2.20. The van der Waals surface area contributed by atoms with Crippen LogP contribution in [0.4, 0.5) is 0 Å². The first-order chi connectivity index (χ1) is 8.72. The van der Waals surface area contributed by atoms with Crippen molar-refractivity contribution in [3.63, 3.8) is 0 Å². The summed E-state index contributed by atoms with van der Waals surface area (Å²) in [6.07, 6.45) is 12.1. The fourth-order valence-corrected chi connectivity index (χ4v) is 2.18. The summed E-state index contributed by atoms with van der Waals surface area (Å²) in [5, 5.41) is 9.66. The molecule has 0 aliphatic heterocycles. The van der Waals surface area contributed by atoms with Crippen molar-refractivity contribution in [1.82, 2.24) is 0 Å². The van der Waals surface area contributed by atoms with E-state index in [4.69, 9.17) is 4.74 Å². The lowest BCUT2D eigenvalue weighted by molar-refractivity contribution is -0.0357. The molecule has 0 amide bonds. The van der Waals surface area contributed by atoms with E-state index in [1.807, 2.05) is 6.92 Å². The van der Waals surface area contributed by atoms with E-state index in [-0.39, 0.29) is 12.2 Å². The van der Waals surface area contributed by atoms with E-state index in [9.17, 15) is 5.11 Å². The van der Waals surface area contributed by atoms with Crippen molar-refractivity contribution in [2.75, 3.05) is 6.61 Å². The van der Waals surface area contributed by atoms with E-state index in [2.05, 4.69) is 13.8 Å². The Morgan fingerprint density at radius 2 is 1.39 bits per heavy atom. The van der Waals surface area contributed by atoms with Gasteiger partial charge in [0, 0.05) is 6.61 Å². The van der Waals surface area contributed by atoms with Crippen molar-refractivity contribution in [3.05, 3.63) is 0 Å². The standard InChI is InChI=1S/C16H34O2/c1-4-6-8-9-10-12-14-18-16(15(3)17)13-11-7-5-2/h15-17H,4-14H2,1-3H3. The molecule has 1 N–H and O–H groups in total. The Bertz CT molecular complexity index is 157. The van der Waals surface area contributed by atoms with Gasteiger partial charge in [-0.05, 0) is 19.8 Å². The number of rotatable bonds is 13. The Labute approximate surface area is 114 Å². The van der Waals surface area contributed by atoms with Gasteiger partial charge in [-0.1, -0.05) is 65.2 Å². The fourth-order valence-electron chi connectivity index (χ4n) is 2.18. The van der Waals surface area contributed by atoms with Gasteiger partial charge in [-0.3, -0.25) is 0 Å². The molecule has 0 spiro atoms. The van der Waals surface area contributed by atoms with E-state index in [0.717, 1.165) is 19.4 Å². The Balaban J connectivity index is 3.46. The molecule has 18 heavy (non-hydrogen) atoms. The molecule has 2 nitrogen and oxygen atoms in total. The van der Waals surface area contributed by atoms with Crippen LogP contribution < -0.4 is 0 Å². The molecule has 2 atom stereocenters. The molecular weight excluding hydrogens is 224 g/mol. The zero-order valence-electron chi connectivity index (χ0n) is 12.8. The predicted octanol–water partition coefficient (Wildman–Crippen LogP) is 4.69. The third kappa shape index (κ3) is 11.0. The number of ether oxygens (including phenoxy) is 1. The minimum absolute atomic E-state index is 0.0483. The molecule has 0 saturated carbocycles. The molecule has 0 saturated heterocycles. The minimum atomic E-state index is -0.332. The van der Waals surface area contributed by atoms with Crippen LogP contribution in [0.5, 0.6) is 0 Å². The highest BCUT2D eigenvalue weighted by Crippen LogP contribution is 2.12. The maximum atomic E-state index is 9.66. The minimum Gasteiger partial charge on any atom is -0.391 e. The molecule has 0 aliphatic carbocycles. The Hall–Kier alpha value is -0.0800. The Morgan fingerprint density at radius 3 is 2.00 bits per heavy atom. The highest BCUT2D eigenvalue weighted by atomic mass is 16.5. The molecule has 0 aromatic carbocycles. The smallest absolute Gasteiger partial charge is 0.0831 e. The van der Waals surface area contributed by atoms with Gasteiger partial charge in [-0.2, -0.15) is 0 Å². The van der Waals surface area contributed by atoms with Gasteiger partial charge in [0.1, 0.15) is 0 Å². The normalized spacial score (nSPS) is 14.7. The van der Waals surface area contributed by atoms with E-state index in [1.54, 1.807) is 0 Å². The molecule has 2 heteroatoms. The first-order valence-corrected chi connectivity index (χ1v) is 8.02. The van der Waals surface area contributed by atoms with Gasteiger partial charge in [0.15, 0.2) is 0 Å². The van der Waals surface area contributed by atoms with E-state index in [1.165, 1.54) is 51.4 Å². The molecule has 0 aromatic rings. The lowest BCUT2D eigenvalue weighted by Crippen LogP contribution is -2.26. The first kappa shape index (κ1) is 17.9. The summed E-state index contributed by atoms with van der Waals surface area (Å²) in [4.78, 5) is 0. The third-order valence-electron chi connectivity index (χ3n) is 3.46. The van der Waals surface area contributed by atoms with Crippen molar-refractivity contribution >= 4 is 0 Å². The predicted molar refractivity (Wildman–Crippen MR) is 78.9 cm³/mol. The maximum Gasteiger partial charge on any atom is 0.0831 e. The van der Waals surface area contributed by atoms with Crippen LogP contribution in [0.15, 0.2) is 0 Å². The summed E-state index contributed by atoms with van der Waals surface area (Å²) in [5.41, 5.74) is 0. The van der Waals surface area contributed by atoms with Crippen molar-refractivity contribution in [3.8, 4) is 0 Å². The Morgan fingerprint density at radius 1 is 0.833 bits per heavy atom. The van der Waals surface area contributed by atoms with Crippen LogP contribution in [0.25, 0.3) is 0 Å². The third-order valence-corrected chi connectivity index (χ3v) is 3.46. The Kier molecular flexibility index (Phi) is 13.3. The molecule has 0 bridgehead atoms. The second-order valence-electron chi connectivity index (χ2n) is 5.41. The molecule has 0 aromatic heterocycles. The van der Waals surface area contributed by atoms with Gasteiger partial charge >= 0.3 is 0 Å². The van der Waals surface area contributed by atoms with Crippen molar-refractivity contribution in [2.24, 2.45) is 0 Å². The zero-order valence-corrected chi connectivity index (χ0v) is 12.8. The number of hydrogen-bond donors (Lipinski definition) is 1. The molecule has 2 unspecified atom stereocenters. The van der Waals surface area contributed by atoms with Gasteiger partial charge in [0.25, 0.3) is 0 Å². The highest BCUT2D eigenvalue weighted by molar-refractivity contribution is 4.64. The second kappa shape index (κ2) is 13.4. The van der Waals surface area contributed by atoms with E-state index in [0.29, 0.717) is 0 Å². The summed E-state index contributed by atoms with van der Waals surface area (Å²) < 4.78 is 5.81. The van der Waals surface area contributed by atoms with E-state index >= 15 is 0 Å². The van der Waals surface area contributed by atoms with Gasteiger partial charge in [-0.25, -0.2) is 0 Å². The van der Waals surface area contributed by atoms with Crippen LogP contribution in [0, 0.1) is 0 Å². The summed E-state index contributed by atoms with van der Waals surface area (Å²) >= 11 is 0. The molecule has 0 fully saturated rings. The second-order valence-corrected chi connectivity index (χ2v) is 5.41. The largest absolute Gasteiger partial charge is 0.391 e. The number of aliphatic hydroxyl groups excluding tert-OH is 1. The average molecular weight is 258 g/mol. The van der Waals surface area contributed by atoms with Crippen molar-refractivity contribution in [2.45, 2.75) is 97.2 Å². The molecule has 0 aliphatic rings. The van der Waals surface area contributed by atoms with Crippen LogP contribution in [-0.4, -0.2) is 23.9 Å². The van der Waals surface area contributed by atoms with Crippen molar-refractivity contribution in [1.29, 1.82) is 0 Å². The SMILES string of the molecule is CCCCCCCCOC(CCCCC)C(C)O. The summed E-state index contributed by atoms with van der Waals surface area (Å²) in [6, 6.07) is 0. The maximum absolute atomic E-state index is 9.66. The number of aliphatic hydroxyl groups is 1. The highest BCUT2D eigenvalue weighted by Gasteiger charge is 2.14. The van der Waals surface area contributed by atoms with Gasteiger partial charge < -0.3 is 9.84 Å². The van der Waals surface area contributed by atoms with Crippen LogP contribution >= 0.6 is 0 Å². The molecular formula is C16H34O2. The lowest BCUT2D eigenvalue weighted by atomic mass is 10.1. The monoisotopic (exact) mass is 258 g/mol. The van der Waals surface area contributed by atoms with Crippen LogP contribution in [0.1, 0.15) is 85.0 Å². The van der Waals surface area contributed by atoms with Gasteiger partial charge in [0.05, 0.1) is 12.2 Å². The fraction of sp³-hybridized carbons (Fsp3) is 1.00. The van der Waals surface area contributed by atoms with Crippen LogP contribution in [0.2, 0.25) is 0 Å². The summed E-state index contributed by atoms with van der Waals surface area (Å²) in [6.45, 7) is 7.10. The first-order valence-electron chi connectivity index (χ1n) is 8.02. The molecule has 0 radical (unpaired) electrons. The number of hydrogen-bond acceptors (Lipinski definition) is 2. The average Bonchev–Trinajstić information content (AvgIpc) is 2.35. The van der Waals surface area contributed by atoms with Crippen molar-refractivity contribution < 1.29 is 9.84 Å². The zero-order chi connectivity index (χ0) is 13.6. The summed E-state index contributed by atoms with van der Waals surface area (Å²) in [5.74, 6) is 0. The molecule has 0 rings (SSSR count). The number of unbranched alkanes of at least 4 members (excludes halogenated alkanes) is 7. The van der Waals surface area contributed by atoms with Gasteiger partial charge in [0.2, 0.25) is 0 Å². The quantitative estimate of drug-likeness (QED) is 0.485. The van der Waals surface area contributed by atoms with Crippen LogP contribution in [0.3, 0.4) is 0 Å². The van der Waals surface area contributed by atoms with E-state index < -0.39 is 0 Å². The topological polar surface area (TPSA) is 29.5 Å². The summed E-state index contributed by atoms with van der Waals surface area (Å²) in [7, 11) is 0. The van der Waals surface area contributed by atoms with Gasteiger partial charge in [-0.15, -0.1) is 0 Å². The van der Waals surface area contributed by atoms with Crippen LogP contribution in [-0.2, 0) is 4.74 Å². The molecule has 0 heterocycles. The molecule has 110 valence electrons.